The number of rotatable bonds is 8. The molecule has 0 aliphatic carbocycles. The van der Waals surface area contributed by atoms with E-state index in [9.17, 15) is 14.4 Å². The van der Waals surface area contributed by atoms with Gasteiger partial charge >= 0.3 is 12.2 Å². The van der Waals surface area contributed by atoms with Crippen LogP contribution in [-0.2, 0) is 25.6 Å². The fraction of sp³-hybridized carbons (Fsp3) is 0.465. The number of methoxy groups -OCH3 is 2. The van der Waals surface area contributed by atoms with Crippen molar-refractivity contribution in [3.8, 4) is 28.1 Å². The first-order valence-electron chi connectivity index (χ1n) is 19.7. The molecule has 8 rings (SSSR count). The molecule has 57 heavy (non-hydrogen) atoms. The molecule has 0 radical (unpaired) electrons. The van der Waals surface area contributed by atoms with Gasteiger partial charge in [0.05, 0.1) is 48.7 Å². The number of amides is 3. The van der Waals surface area contributed by atoms with Crippen molar-refractivity contribution in [2.45, 2.75) is 84.2 Å². The Bertz CT molecular complexity index is 2340. The van der Waals surface area contributed by atoms with E-state index >= 15 is 0 Å². The lowest BCUT2D eigenvalue weighted by atomic mass is 9.92. The first kappa shape index (κ1) is 38.3. The number of nitrogens with zero attached hydrogens (tertiary/aromatic N) is 4. The lowest BCUT2D eigenvalue weighted by Crippen LogP contribution is -2.51. The summed E-state index contributed by atoms with van der Waals surface area (Å²) < 4.78 is 22.4. The maximum Gasteiger partial charge on any atom is 0.410 e. The van der Waals surface area contributed by atoms with E-state index in [4.69, 9.17) is 28.9 Å². The van der Waals surface area contributed by atoms with E-state index in [2.05, 4.69) is 51.7 Å². The van der Waals surface area contributed by atoms with Gasteiger partial charge in [-0.1, -0.05) is 32.0 Å². The maximum atomic E-state index is 13.6. The van der Waals surface area contributed by atoms with Crippen LogP contribution in [0.3, 0.4) is 0 Å². The van der Waals surface area contributed by atoms with Crippen molar-refractivity contribution >= 4 is 39.9 Å². The van der Waals surface area contributed by atoms with Gasteiger partial charge < -0.3 is 39.1 Å². The first-order chi connectivity index (χ1) is 27.3. The van der Waals surface area contributed by atoms with Gasteiger partial charge in [0.2, 0.25) is 5.91 Å². The standard InChI is InChI=1S/C43H51N7O7/c1-23(2)36(48-41(52)55-7)40(51)49-14-8-9-33(49)38-44-19-32(46-38)26-10-12-28-27(16-26)22-56-35-18-29-25(17-30(28)35)11-13-31-37(29)47-39(45-31)34-15-24(21-54-6)20-50(34)42(53)57-43(3,4)5/h10-13,16-19,23-24,33-34,36H,8-9,14-15,20-22H2,1-7H3,(H,44,46)(H,45,47)(H,48,52)/t24?,33-,34-,36-/m0/s1. The third kappa shape index (κ3) is 7.38. The highest BCUT2D eigenvalue weighted by Crippen LogP contribution is 2.44. The van der Waals surface area contributed by atoms with Gasteiger partial charge in [0.1, 0.15) is 35.6 Å². The second kappa shape index (κ2) is 15.0. The van der Waals surface area contributed by atoms with E-state index < -0.39 is 17.7 Å². The number of ether oxygens (including phenoxy) is 4. The Labute approximate surface area is 331 Å². The van der Waals surface area contributed by atoms with E-state index in [-0.39, 0.29) is 35.9 Å². The molecule has 14 nitrogen and oxygen atoms in total. The average molecular weight is 778 g/mol. The number of aromatic nitrogens is 4. The predicted molar refractivity (Wildman–Crippen MR) is 214 cm³/mol. The van der Waals surface area contributed by atoms with Gasteiger partial charge in [0, 0.05) is 37.1 Å². The summed E-state index contributed by atoms with van der Waals surface area (Å²) in [6.07, 6.45) is 3.17. The van der Waals surface area contributed by atoms with Crippen LogP contribution in [0.25, 0.3) is 44.2 Å². The zero-order chi connectivity index (χ0) is 40.2. The first-order valence-corrected chi connectivity index (χ1v) is 19.7. The fourth-order valence-corrected chi connectivity index (χ4v) is 8.54. The maximum absolute atomic E-state index is 13.6. The van der Waals surface area contributed by atoms with E-state index in [1.54, 1.807) is 12.0 Å². The molecule has 3 aliphatic heterocycles. The van der Waals surface area contributed by atoms with Crippen LogP contribution in [0.5, 0.6) is 5.75 Å². The van der Waals surface area contributed by atoms with Gasteiger partial charge in [-0.15, -0.1) is 0 Å². The highest BCUT2D eigenvalue weighted by molar-refractivity contribution is 6.07. The van der Waals surface area contributed by atoms with Crippen LogP contribution >= 0.6 is 0 Å². The summed E-state index contributed by atoms with van der Waals surface area (Å²) in [4.78, 5) is 59.3. The molecule has 3 N–H and O–H groups in total. The molecular weight excluding hydrogens is 727 g/mol. The molecule has 2 aromatic heterocycles. The Morgan fingerprint density at radius 3 is 2.58 bits per heavy atom. The molecular formula is C43H51N7O7. The summed E-state index contributed by atoms with van der Waals surface area (Å²) in [5.41, 5.74) is 6.08. The summed E-state index contributed by atoms with van der Waals surface area (Å²) in [5, 5.41) is 4.74. The number of benzene rings is 3. The number of carbonyl (C=O) groups is 3. The van der Waals surface area contributed by atoms with E-state index in [0.29, 0.717) is 26.3 Å². The van der Waals surface area contributed by atoms with Crippen molar-refractivity contribution in [2.24, 2.45) is 11.8 Å². The smallest absolute Gasteiger partial charge is 0.410 e. The van der Waals surface area contributed by atoms with Crippen LogP contribution in [0.1, 0.15) is 83.2 Å². The molecule has 2 saturated heterocycles. The number of H-pyrrole nitrogens is 2. The normalized spacial score (nSPS) is 19.8. The van der Waals surface area contributed by atoms with Gasteiger partial charge in [-0.3, -0.25) is 9.69 Å². The highest BCUT2D eigenvalue weighted by Gasteiger charge is 2.41. The van der Waals surface area contributed by atoms with Crippen molar-refractivity contribution in [3.05, 3.63) is 65.9 Å². The summed E-state index contributed by atoms with van der Waals surface area (Å²) >= 11 is 0. The Kier molecular flexibility index (Phi) is 10.1. The summed E-state index contributed by atoms with van der Waals surface area (Å²) in [7, 11) is 2.98. The zero-order valence-corrected chi connectivity index (χ0v) is 33.6. The number of carbonyl (C=O) groups excluding carboxylic acids is 3. The summed E-state index contributed by atoms with van der Waals surface area (Å²) in [5.74, 6) is 2.15. The fourth-order valence-electron chi connectivity index (χ4n) is 8.54. The largest absolute Gasteiger partial charge is 0.488 e. The van der Waals surface area contributed by atoms with Crippen molar-refractivity contribution in [3.63, 3.8) is 0 Å². The number of imidazole rings is 2. The lowest BCUT2D eigenvalue weighted by Gasteiger charge is -2.30. The van der Waals surface area contributed by atoms with Crippen LogP contribution in [0.15, 0.2) is 48.7 Å². The van der Waals surface area contributed by atoms with Crippen LogP contribution in [0, 0.1) is 11.8 Å². The molecule has 3 aliphatic rings. The third-order valence-electron chi connectivity index (χ3n) is 11.3. The molecule has 0 bridgehead atoms. The third-order valence-corrected chi connectivity index (χ3v) is 11.3. The van der Waals surface area contributed by atoms with Crippen LogP contribution in [0.2, 0.25) is 0 Å². The van der Waals surface area contributed by atoms with Gasteiger partial charge in [0.15, 0.2) is 0 Å². The average Bonchev–Trinajstić information content (AvgIpc) is 4.01. The van der Waals surface area contributed by atoms with Crippen LogP contribution < -0.4 is 10.1 Å². The molecule has 3 amide bonds. The molecule has 14 heteroatoms. The van der Waals surface area contributed by atoms with E-state index in [1.807, 2.05) is 51.8 Å². The Balaban J connectivity index is 1.04. The van der Waals surface area contributed by atoms with Gasteiger partial charge in [-0.25, -0.2) is 19.6 Å². The quantitative estimate of drug-likeness (QED) is 0.144. The monoisotopic (exact) mass is 777 g/mol. The minimum absolute atomic E-state index is 0.111. The van der Waals surface area contributed by atoms with Gasteiger partial charge in [-0.05, 0) is 92.3 Å². The molecule has 0 spiro atoms. The molecule has 5 aromatic rings. The summed E-state index contributed by atoms with van der Waals surface area (Å²) in [6.45, 7) is 11.5. The molecule has 0 saturated carbocycles. The zero-order valence-electron chi connectivity index (χ0n) is 33.6. The minimum atomic E-state index is -0.695. The number of nitrogens with one attached hydrogen (secondary N) is 3. The lowest BCUT2D eigenvalue weighted by molar-refractivity contribution is -0.135. The molecule has 5 heterocycles. The van der Waals surface area contributed by atoms with Crippen molar-refractivity contribution in [1.82, 2.24) is 35.1 Å². The van der Waals surface area contributed by atoms with Gasteiger partial charge in [0.25, 0.3) is 0 Å². The molecule has 2 fully saturated rings. The number of hydrogen-bond acceptors (Lipinski definition) is 9. The second-order valence-electron chi connectivity index (χ2n) is 16.7. The van der Waals surface area contributed by atoms with Crippen LogP contribution in [0.4, 0.5) is 9.59 Å². The Morgan fingerprint density at radius 2 is 1.82 bits per heavy atom. The number of alkyl carbamates (subject to hydrolysis) is 1. The number of aromatic amines is 2. The second-order valence-corrected chi connectivity index (χ2v) is 16.7. The van der Waals surface area contributed by atoms with Crippen LogP contribution in [-0.4, -0.2) is 93.4 Å². The van der Waals surface area contributed by atoms with E-state index in [0.717, 1.165) is 86.4 Å². The highest BCUT2D eigenvalue weighted by atomic mass is 16.6. The molecule has 4 atom stereocenters. The van der Waals surface area contributed by atoms with E-state index in [1.165, 1.54) is 7.11 Å². The predicted octanol–water partition coefficient (Wildman–Crippen LogP) is 7.65. The molecule has 1 unspecified atom stereocenters. The van der Waals surface area contributed by atoms with Crippen molar-refractivity contribution in [1.29, 1.82) is 0 Å². The summed E-state index contributed by atoms with van der Waals surface area (Å²) in [6, 6.07) is 13.5. The number of hydrogen-bond donors (Lipinski definition) is 3. The minimum Gasteiger partial charge on any atom is -0.488 e. The van der Waals surface area contributed by atoms with Gasteiger partial charge in [-0.2, -0.15) is 0 Å². The topological polar surface area (TPSA) is 164 Å². The Morgan fingerprint density at radius 1 is 1.00 bits per heavy atom. The van der Waals surface area contributed by atoms with Crippen molar-refractivity contribution < 1.29 is 33.3 Å². The SMILES string of the molecule is COCC1C[C@@H](c2nc3ccc4cc5c(cc4c3[nH]2)OCc2cc(-c3cnc([C@@H]4CCCN4C(=O)[C@@H](NC(=O)OC)C(C)C)[nH]3)ccc2-5)N(C(=O)OC(C)(C)C)C1. The number of likely N-dealkylation sites (tertiary alicyclic amines) is 2. The number of fused-ring (bicyclic) bond motifs is 6. The van der Waals surface area contributed by atoms with Crippen molar-refractivity contribution in [2.75, 3.05) is 33.9 Å². The molecule has 300 valence electrons. The Hall–Kier alpha value is -5.63. The molecule has 3 aromatic carbocycles.